The maximum atomic E-state index is 3.43. The fourth-order valence-electron chi connectivity index (χ4n) is 4.15. The zero-order chi connectivity index (χ0) is 13.5. The van der Waals surface area contributed by atoms with Crippen molar-refractivity contribution in [1.82, 2.24) is 10.2 Å². The van der Waals surface area contributed by atoms with E-state index < -0.39 is 0 Å². The van der Waals surface area contributed by atoms with Crippen LogP contribution >= 0.6 is 0 Å². The van der Waals surface area contributed by atoms with Crippen molar-refractivity contribution in [3.05, 3.63) is 35.4 Å². The topological polar surface area (TPSA) is 15.3 Å². The van der Waals surface area contributed by atoms with Crippen molar-refractivity contribution in [1.29, 1.82) is 0 Å². The van der Waals surface area contributed by atoms with Crippen molar-refractivity contribution in [3.63, 3.8) is 0 Å². The number of benzene rings is 1. The summed E-state index contributed by atoms with van der Waals surface area (Å²) in [4.78, 5) is 2.82. The van der Waals surface area contributed by atoms with E-state index in [1.807, 2.05) is 0 Å². The van der Waals surface area contributed by atoms with Crippen molar-refractivity contribution in [2.45, 2.75) is 50.1 Å². The van der Waals surface area contributed by atoms with Gasteiger partial charge in [0, 0.05) is 12.1 Å². The van der Waals surface area contributed by atoms with Crippen LogP contribution in [-0.4, -0.2) is 31.1 Å². The lowest BCUT2D eigenvalue weighted by Gasteiger charge is -2.30. The Morgan fingerprint density at radius 3 is 2.45 bits per heavy atom. The molecule has 1 saturated heterocycles. The maximum absolute atomic E-state index is 3.43. The molecule has 0 aromatic heterocycles. The van der Waals surface area contributed by atoms with Gasteiger partial charge in [0.15, 0.2) is 0 Å². The van der Waals surface area contributed by atoms with Gasteiger partial charge in [-0.25, -0.2) is 0 Å². The summed E-state index contributed by atoms with van der Waals surface area (Å²) in [5, 5.41) is 3.43. The van der Waals surface area contributed by atoms with Crippen LogP contribution in [0.25, 0.3) is 0 Å². The van der Waals surface area contributed by atoms with Gasteiger partial charge in [0.1, 0.15) is 0 Å². The van der Waals surface area contributed by atoms with Crippen LogP contribution in [0.3, 0.4) is 0 Å². The predicted octanol–water partition coefficient (Wildman–Crippen LogP) is 3.31. The third-order valence-electron chi connectivity index (χ3n) is 5.38. The van der Waals surface area contributed by atoms with Crippen LogP contribution in [0.15, 0.2) is 24.3 Å². The molecule has 2 unspecified atom stereocenters. The summed E-state index contributed by atoms with van der Waals surface area (Å²) in [6.07, 6.45) is 7.03. The van der Waals surface area contributed by atoms with Gasteiger partial charge >= 0.3 is 0 Å². The van der Waals surface area contributed by atoms with Crippen LogP contribution in [0.5, 0.6) is 0 Å². The molecule has 0 radical (unpaired) electrons. The summed E-state index contributed by atoms with van der Waals surface area (Å²) >= 11 is 0. The van der Waals surface area contributed by atoms with E-state index in [1.165, 1.54) is 38.6 Å². The molecule has 1 aliphatic heterocycles. The first-order valence-corrected chi connectivity index (χ1v) is 8.37. The predicted molar refractivity (Wildman–Crippen MR) is 82.9 cm³/mol. The number of rotatable bonds is 5. The molecular formula is C18H26N2. The second-order valence-electron chi connectivity index (χ2n) is 6.92. The van der Waals surface area contributed by atoms with Gasteiger partial charge in [-0.2, -0.15) is 0 Å². The van der Waals surface area contributed by atoms with Gasteiger partial charge in [-0.15, -0.1) is 0 Å². The summed E-state index contributed by atoms with van der Waals surface area (Å²) in [6, 6.07) is 10.9. The molecule has 2 nitrogen and oxygen atoms in total. The minimum Gasteiger partial charge on any atom is -0.319 e. The SMILES string of the molecule is CNCC1CCN(C2CC2)C1c1ccccc1C1CC1. The molecule has 1 aromatic carbocycles. The molecule has 20 heavy (non-hydrogen) atoms. The first kappa shape index (κ1) is 12.8. The number of likely N-dealkylation sites (tertiary alicyclic amines) is 1. The first-order chi connectivity index (χ1) is 9.88. The Bertz CT molecular complexity index is 476. The molecule has 3 fully saturated rings. The van der Waals surface area contributed by atoms with Crippen LogP contribution in [0.2, 0.25) is 0 Å². The lowest BCUT2D eigenvalue weighted by atomic mass is 9.89. The number of nitrogens with zero attached hydrogens (tertiary/aromatic N) is 1. The van der Waals surface area contributed by atoms with Crippen molar-refractivity contribution in [2.24, 2.45) is 5.92 Å². The normalized spacial score (nSPS) is 30.9. The molecule has 2 atom stereocenters. The summed E-state index contributed by atoms with van der Waals surface area (Å²) in [7, 11) is 2.10. The van der Waals surface area contributed by atoms with E-state index >= 15 is 0 Å². The van der Waals surface area contributed by atoms with Crippen LogP contribution in [0, 0.1) is 5.92 Å². The molecule has 1 heterocycles. The van der Waals surface area contributed by atoms with E-state index in [2.05, 4.69) is 41.5 Å². The molecule has 2 heteroatoms. The molecule has 4 rings (SSSR count). The molecule has 1 aromatic rings. The van der Waals surface area contributed by atoms with Crippen molar-refractivity contribution in [3.8, 4) is 0 Å². The minimum atomic E-state index is 0.673. The van der Waals surface area contributed by atoms with Gasteiger partial charge in [0.25, 0.3) is 0 Å². The third kappa shape index (κ3) is 2.29. The molecule has 0 spiro atoms. The highest BCUT2D eigenvalue weighted by Gasteiger charge is 2.43. The molecule has 2 aliphatic carbocycles. The van der Waals surface area contributed by atoms with Gasteiger partial charge in [0.2, 0.25) is 0 Å². The average molecular weight is 270 g/mol. The highest BCUT2D eigenvalue weighted by atomic mass is 15.2. The second kappa shape index (κ2) is 5.16. The molecule has 0 bridgehead atoms. The fourth-order valence-corrected chi connectivity index (χ4v) is 4.15. The van der Waals surface area contributed by atoms with E-state index in [9.17, 15) is 0 Å². The van der Waals surface area contributed by atoms with Crippen LogP contribution in [0.4, 0.5) is 0 Å². The van der Waals surface area contributed by atoms with Gasteiger partial charge in [-0.05, 0) is 75.2 Å². The van der Waals surface area contributed by atoms with Gasteiger partial charge in [0.05, 0.1) is 0 Å². The Hall–Kier alpha value is -0.860. The number of hydrogen-bond donors (Lipinski definition) is 1. The zero-order valence-electron chi connectivity index (χ0n) is 12.5. The molecule has 3 aliphatic rings. The first-order valence-electron chi connectivity index (χ1n) is 8.37. The summed E-state index contributed by atoms with van der Waals surface area (Å²) in [5.41, 5.74) is 3.31. The van der Waals surface area contributed by atoms with Gasteiger partial charge in [-0.1, -0.05) is 24.3 Å². The third-order valence-corrected chi connectivity index (χ3v) is 5.38. The molecule has 0 amide bonds. The average Bonchev–Trinajstić information content (AvgIpc) is 3.37. The fraction of sp³-hybridized carbons (Fsp3) is 0.667. The lowest BCUT2D eigenvalue weighted by Crippen LogP contribution is -2.31. The molecular weight excluding hydrogens is 244 g/mol. The molecule has 108 valence electrons. The van der Waals surface area contributed by atoms with E-state index in [0.717, 1.165) is 24.4 Å². The van der Waals surface area contributed by atoms with E-state index in [-0.39, 0.29) is 0 Å². The Kier molecular flexibility index (Phi) is 3.31. The van der Waals surface area contributed by atoms with E-state index in [4.69, 9.17) is 0 Å². The van der Waals surface area contributed by atoms with E-state index in [1.54, 1.807) is 11.1 Å². The largest absolute Gasteiger partial charge is 0.319 e. The smallest absolute Gasteiger partial charge is 0.0394 e. The highest BCUT2D eigenvalue weighted by molar-refractivity contribution is 5.37. The Labute approximate surface area is 122 Å². The Balaban J connectivity index is 1.68. The zero-order valence-corrected chi connectivity index (χ0v) is 12.5. The van der Waals surface area contributed by atoms with Crippen molar-refractivity contribution < 1.29 is 0 Å². The number of hydrogen-bond acceptors (Lipinski definition) is 2. The highest BCUT2D eigenvalue weighted by Crippen LogP contribution is 2.49. The Morgan fingerprint density at radius 1 is 1.05 bits per heavy atom. The van der Waals surface area contributed by atoms with Crippen LogP contribution in [0.1, 0.15) is 55.2 Å². The maximum Gasteiger partial charge on any atom is 0.0394 e. The van der Waals surface area contributed by atoms with Gasteiger partial charge in [-0.3, -0.25) is 4.90 Å². The molecule has 2 saturated carbocycles. The van der Waals surface area contributed by atoms with Crippen molar-refractivity contribution in [2.75, 3.05) is 20.1 Å². The van der Waals surface area contributed by atoms with Crippen molar-refractivity contribution >= 4 is 0 Å². The standard InChI is InChI=1S/C18H26N2/c1-19-12-14-10-11-20(15-8-9-15)18(14)17-5-3-2-4-16(17)13-6-7-13/h2-5,13-15,18-19H,6-12H2,1H3. The summed E-state index contributed by atoms with van der Waals surface area (Å²) in [5.74, 6) is 1.66. The minimum absolute atomic E-state index is 0.673. The lowest BCUT2D eigenvalue weighted by molar-refractivity contribution is 0.216. The quantitative estimate of drug-likeness (QED) is 0.883. The monoisotopic (exact) mass is 270 g/mol. The van der Waals surface area contributed by atoms with E-state index in [0.29, 0.717) is 6.04 Å². The number of nitrogens with one attached hydrogen (secondary N) is 1. The van der Waals surface area contributed by atoms with Crippen LogP contribution < -0.4 is 5.32 Å². The molecule has 1 N–H and O–H groups in total. The summed E-state index contributed by atoms with van der Waals surface area (Å²) in [6.45, 7) is 2.47. The van der Waals surface area contributed by atoms with Gasteiger partial charge < -0.3 is 5.32 Å². The Morgan fingerprint density at radius 2 is 1.80 bits per heavy atom. The summed E-state index contributed by atoms with van der Waals surface area (Å²) < 4.78 is 0. The second-order valence-corrected chi connectivity index (χ2v) is 6.92. The van der Waals surface area contributed by atoms with Crippen LogP contribution in [-0.2, 0) is 0 Å².